The highest BCUT2D eigenvalue weighted by atomic mass is 19.1. The summed E-state index contributed by atoms with van der Waals surface area (Å²) >= 11 is 0. The van der Waals surface area contributed by atoms with Crippen LogP contribution in [0.1, 0.15) is 38.2 Å². The third kappa shape index (κ3) is 2.29. The van der Waals surface area contributed by atoms with Gasteiger partial charge in [0.2, 0.25) is 0 Å². The molecule has 0 amide bonds. The van der Waals surface area contributed by atoms with Gasteiger partial charge in [0.1, 0.15) is 5.82 Å². The molecule has 4 nitrogen and oxygen atoms in total. The lowest BCUT2D eigenvalue weighted by Gasteiger charge is -2.55. The lowest BCUT2D eigenvalue weighted by Crippen LogP contribution is -2.59. The van der Waals surface area contributed by atoms with Crippen molar-refractivity contribution in [2.45, 2.75) is 43.8 Å². The monoisotopic (exact) mass is 346 g/mol. The maximum atomic E-state index is 14.0. The van der Waals surface area contributed by atoms with E-state index in [-0.39, 0.29) is 23.4 Å². The molecule has 0 unspecified atom stereocenters. The Hall–Kier alpha value is -1.72. The molecule has 4 rings (SSSR count). The minimum Gasteiger partial charge on any atom is -0.515 e. The van der Waals surface area contributed by atoms with Gasteiger partial charge in [0, 0.05) is 17.9 Å². The number of hydrogen-bond donors (Lipinski definition) is 1. The molecule has 1 heterocycles. The molecule has 3 atom stereocenters. The third-order valence-corrected chi connectivity index (χ3v) is 6.49. The van der Waals surface area contributed by atoms with Crippen molar-refractivity contribution in [1.82, 2.24) is 0 Å². The summed E-state index contributed by atoms with van der Waals surface area (Å²) in [5.74, 6) is -1.08. The van der Waals surface area contributed by atoms with E-state index in [0.717, 1.165) is 12.7 Å². The molecule has 0 bridgehead atoms. The highest BCUT2D eigenvalue weighted by Gasteiger charge is 2.61. The van der Waals surface area contributed by atoms with Gasteiger partial charge in [-0.25, -0.2) is 4.39 Å². The number of carbonyl (C=O) groups excluding carboxylic acids is 1. The second kappa shape index (κ2) is 5.92. The Morgan fingerprint density at radius 3 is 2.72 bits per heavy atom. The van der Waals surface area contributed by atoms with Gasteiger partial charge in [-0.1, -0.05) is 19.1 Å². The SMILES string of the molecule is C[C@H]1[C@@H]2CCC(=CO)C(=O)[C@@]2(c2cccc(F)c2)CCC12OCCO2. The first-order valence-corrected chi connectivity index (χ1v) is 8.95. The maximum absolute atomic E-state index is 14.0. The van der Waals surface area contributed by atoms with Crippen LogP contribution in [-0.4, -0.2) is 29.9 Å². The predicted octanol–water partition coefficient (Wildman–Crippen LogP) is 3.66. The number of benzene rings is 1. The van der Waals surface area contributed by atoms with Crippen LogP contribution < -0.4 is 0 Å². The normalized spacial score (nSPS) is 35.9. The van der Waals surface area contributed by atoms with Crippen LogP contribution >= 0.6 is 0 Å². The zero-order chi connectivity index (χ0) is 17.7. The minimum absolute atomic E-state index is 0.0104. The van der Waals surface area contributed by atoms with Crippen LogP contribution in [0.25, 0.3) is 0 Å². The minimum atomic E-state index is -0.825. The number of hydrogen-bond acceptors (Lipinski definition) is 4. The standard InChI is InChI=1S/C20H23FO4/c1-13-17-6-5-14(12-22)18(23)19(17,15-3-2-4-16(21)11-15)7-8-20(13)24-9-10-25-20/h2-4,11-13,17,22H,5-10H2,1H3/t13-,17-,19+/m0/s1. The molecule has 1 aromatic carbocycles. The van der Waals surface area contributed by atoms with Gasteiger partial charge in [0.15, 0.2) is 11.6 Å². The van der Waals surface area contributed by atoms with Crippen molar-refractivity contribution in [3.63, 3.8) is 0 Å². The van der Waals surface area contributed by atoms with Crippen LogP contribution in [0.2, 0.25) is 0 Å². The van der Waals surface area contributed by atoms with Gasteiger partial charge in [0.05, 0.1) is 24.9 Å². The molecule has 134 valence electrons. The van der Waals surface area contributed by atoms with Crippen LogP contribution in [0.4, 0.5) is 4.39 Å². The van der Waals surface area contributed by atoms with Crippen molar-refractivity contribution in [2.75, 3.05) is 13.2 Å². The second-order valence-corrected chi connectivity index (χ2v) is 7.41. The molecule has 0 radical (unpaired) electrons. The van der Waals surface area contributed by atoms with E-state index < -0.39 is 11.2 Å². The first-order valence-electron chi connectivity index (χ1n) is 8.95. The molecule has 1 aliphatic heterocycles. The first-order chi connectivity index (χ1) is 12.0. The molecule has 2 aliphatic carbocycles. The molecule has 0 aromatic heterocycles. The highest BCUT2D eigenvalue weighted by Crippen LogP contribution is 2.58. The van der Waals surface area contributed by atoms with Gasteiger partial charge in [-0.05, 0) is 42.9 Å². The Labute approximate surface area is 146 Å². The van der Waals surface area contributed by atoms with Crippen molar-refractivity contribution >= 4 is 5.78 Å². The van der Waals surface area contributed by atoms with E-state index in [0.29, 0.717) is 43.6 Å². The average molecular weight is 346 g/mol. The summed E-state index contributed by atoms with van der Waals surface area (Å²) < 4.78 is 25.9. The highest BCUT2D eigenvalue weighted by molar-refractivity contribution is 6.04. The molecule has 1 N–H and O–H groups in total. The number of allylic oxidation sites excluding steroid dienone is 1. The quantitative estimate of drug-likeness (QED) is 0.623. The van der Waals surface area contributed by atoms with Crippen molar-refractivity contribution in [3.05, 3.63) is 47.5 Å². The Morgan fingerprint density at radius 2 is 2.04 bits per heavy atom. The van der Waals surface area contributed by atoms with E-state index in [1.165, 1.54) is 12.1 Å². The van der Waals surface area contributed by atoms with Crippen LogP contribution in [-0.2, 0) is 19.7 Å². The Morgan fingerprint density at radius 1 is 1.28 bits per heavy atom. The summed E-state index contributed by atoms with van der Waals surface area (Å²) in [5.41, 5.74) is 0.299. The van der Waals surface area contributed by atoms with Gasteiger partial charge in [-0.2, -0.15) is 0 Å². The van der Waals surface area contributed by atoms with Crippen LogP contribution in [0, 0.1) is 17.7 Å². The average Bonchev–Trinajstić information content (AvgIpc) is 3.09. The van der Waals surface area contributed by atoms with Gasteiger partial charge in [-0.3, -0.25) is 4.79 Å². The zero-order valence-electron chi connectivity index (χ0n) is 14.3. The van der Waals surface area contributed by atoms with E-state index in [9.17, 15) is 14.3 Å². The van der Waals surface area contributed by atoms with Crippen LogP contribution in [0.5, 0.6) is 0 Å². The van der Waals surface area contributed by atoms with E-state index in [1.54, 1.807) is 6.07 Å². The number of rotatable bonds is 1. The summed E-state index contributed by atoms with van der Waals surface area (Å²) in [4.78, 5) is 13.3. The number of Topliss-reactive ketones (excluding diaryl/α,β-unsaturated/α-hetero) is 1. The fourth-order valence-corrected chi connectivity index (χ4v) is 5.26. The molecule has 3 aliphatic rings. The number of fused-ring (bicyclic) bond motifs is 1. The topological polar surface area (TPSA) is 55.8 Å². The fraction of sp³-hybridized carbons (Fsp3) is 0.550. The zero-order valence-corrected chi connectivity index (χ0v) is 14.3. The molecular formula is C20H23FO4. The van der Waals surface area contributed by atoms with Gasteiger partial charge >= 0.3 is 0 Å². The molecule has 1 aromatic rings. The van der Waals surface area contributed by atoms with Crippen molar-refractivity contribution < 1.29 is 23.8 Å². The first kappa shape index (κ1) is 16.7. The van der Waals surface area contributed by atoms with Gasteiger partial charge in [0.25, 0.3) is 0 Å². The number of aliphatic hydroxyl groups is 1. The number of carbonyl (C=O) groups is 1. The molecule has 5 heteroatoms. The molecule has 1 spiro atoms. The summed E-state index contributed by atoms with van der Waals surface area (Å²) in [6.07, 6.45) is 3.31. The van der Waals surface area contributed by atoms with E-state index in [4.69, 9.17) is 9.47 Å². The van der Waals surface area contributed by atoms with E-state index in [2.05, 4.69) is 6.92 Å². The molecule has 3 fully saturated rings. The summed E-state index contributed by atoms with van der Waals surface area (Å²) in [6.45, 7) is 3.21. The fourth-order valence-electron chi connectivity index (χ4n) is 5.26. The van der Waals surface area contributed by atoms with E-state index in [1.807, 2.05) is 6.07 Å². The Kier molecular flexibility index (Phi) is 3.96. The van der Waals surface area contributed by atoms with Crippen molar-refractivity contribution in [1.29, 1.82) is 0 Å². The molecule has 2 saturated carbocycles. The second-order valence-electron chi connectivity index (χ2n) is 7.41. The van der Waals surface area contributed by atoms with Crippen molar-refractivity contribution in [2.24, 2.45) is 11.8 Å². The summed E-state index contributed by atoms with van der Waals surface area (Å²) in [5, 5.41) is 9.53. The lowest BCUT2D eigenvalue weighted by molar-refractivity contribution is -0.234. The lowest BCUT2D eigenvalue weighted by atomic mass is 9.51. The Bertz CT molecular complexity index is 722. The van der Waals surface area contributed by atoms with Gasteiger partial charge < -0.3 is 14.6 Å². The smallest absolute Gasteiger partial charge is 0.172 e. The van der Waals surface area contributed by atoms with Crippen molar-refractivity contribution in [3.8, 4) is 0 Å². The number of aliphatic hydroxyl groups excluding tert-OH is 1. The number of ketones is 1. The summed E-state index contributed by atoms with van der Waals surface area (Å²) in [6, 6.07) is 6.34. The van der Waals surface area contributed by atoms with Crippen LogP contribution in [0.3, 0.4) is 0 Å². The largest absolute Gasteiger partial charge is 0.515 e. The molecule has 1 saturated heterocycles. The predicted molar refractivity (Wildman–Crippen MR) is 89.6 cm³/mol. The van der Waals surface area contributed by atoms with E-state index >= 15 is 0 Å². The molecular weight excluding hydrogens is 323 g/mol. The van der Waals surface area contributed by atoms with Gasteiger partial charge in [-0.15, -0.1) is 0 Å². The maximum Gasteiger partial charge on any atom is 0.172 e. The third-order valence-electron chi connectivity index (χ3n) is 6.49. The number of ether oxygens (including phenoxy) is 2. The number of halogens is 1. The molecule has 25 heavy (non-hydrogen) atoms. The van der Waals surface area contributed by atoms with Crippen LogP contribution in [0.15, 0.2) is 36.1 Å². The Balaban J connectivity index is 1.84. The summed E-state index contributed by atoms with van der Waals surface area (Å²) in [7, 11) is 0.